The molecule has 3 unspecified atom stereocenters. The lowest BCUT2D eigenvalue weighted by atomic mass is 10.0. The molecular weight excluding hydrogens is 904 g/mol. The molecule has 416 valence electrons. The maximum Gasteiger partial charge on any atom is 0.472 e. The monoisotopic (exact) mass is 1020 g/mol. The molecule has 0 aromatic carbocycles. The van der Waals surface area contributed by atoms with Crippen LogP contribution in [0.3, 0.4) is 0 Å². The maximum atomic E-state index is 12.9. The number of carbonyl (C=O) groups excluding carboxylic acids is 3. The van der Waals surface area contributed by atoms with Crippen LogP contribution in [-0.4, -0.2) is 66.5 Å². The fourth-order valence-corrected chi connectivity index (χ4v) is 9.73. The van der Waals surface area contributed by atoms with E-state index in [1.807, 2.05) is 0 Å². The molecule has 0 rings (SSSR count). The first-order valence-corrected chi connectivity index (χ1v) is 31.4. The Balaban J connectivity index is 4.63. The molecule has 0 bridgehead atoms. The Morgan fingerprint density at radius 2 is 0.571 bits per heavy atom. The molecule has 70 heavy (non-hydrogen) atoms. The molecule has 12 heteroatoms. The number of rotatable bonds is 57. The second kappa shape index (κ2) is 53.8. The summed E-state index contributed by atoms with van der Waals surface area (Å²) in [6.07, 6.45) is 50.5. The summed E-state index contributed by atoms with van der Waals surface area (Å²) in [6, 6.07) is 0. The van der Waals surface area contributed by atoms with Crippen LogP contribution in [0.1, 0.15) is 316 Å². The van der Waals surface area contributed by atoms with Gasteiger partial charge in [-0.2, -0.15) is 0 Å². The van der Waals surface area contributed by atoms with Crippen LogP contribution in [0.25, 0.3) is 0 Å². The Morgan fingerprint density at radius 3 is 0.843 bits per heavy atom. The van der Waals surface area contributed by atoms with Gasteiger partial charge in [0.05, 0.1) is 19.8 Å². The van der Waals surface area contributed by atoms with E-state index in [0.717, 1.165) is 57.8 Å². The summed E-state index contributed by atoms with van der Waals surface area (Å²) in [4.78, 5) is 48.5. The van der Waals surface area contributed by atoms with Crippen molar-refractivity contribution in [2.24, 2.45) is 0 Å². The number of phosphoric acid groups is 1. The van der Waals surface area contributed by atoms with E-state index in [0.29, 0.717) is 19.3 Å². The van der Waals surface area contributed by atoms with E-state index in [2.05, 4.69) is 20.8 Å². The molecule has 0 amide bonds. The van der Waals surface area contributed by atoms with Crippen molar-refractivity contribution in [1.29, 1.82) is 0 Å². The fraction of sp³-hybridized carbons (Fsp3) is 0.948. The molecule has 0 aromatic heterocycles. The third kappa shape index (κ3) is 51.4. The third-order valence-electron chi connectivity index (χ3n) is 13.5. The Bertz CT molecular complexity index is 1190. The number of carbonyl (C=O) groups is 3. The predicted molar refractivity (Wildman–Crippen MR) is 289 cm³/mol. The molecule has 0 saturated heterocycles. The van der Waals surface area contributed by atoms with E-state index >= 15 is 0 Å². The van der Waals surface area contributed by atoms with Crippen molar-refractivity contribution in [3.05, 3.63) is 0 Å². The molecule has 0 aromatic rings. The Hall–Kier alpha value is -1.52. The minimum absolute atomic E-state index is 0.178. The highest BCUT2D eigenvalue weighted by Gasteiger charge is 2.28. The van der Waals surface area contributed by atoms with Gasteiger partial charge < -0.3 is 24.2 Å². The van der Waals surface area contributed by atoms with E-state index < -0.39 is 57.8 Å². The number of hydrogen-bond acceptors (Lipinski definition) is 10. The van der Waals surface area contributed by atoms with Gasteiger partial charge in [-0.3, -0.25) is 23.4 Å². The van der Waals surface area contributed by atoms with Crippen molar-refractivity contribution in [3.63, 3.8) is 0 Å². The van der Waals surface area contributed by atoms with Crippen molar-refractivity contribution in [2.75, 3.05) is 26.4 Å². The van der Waals surface area contributed by atoms with E-state index in [4.69, 9.17) is 23.3 Å². The smallest absolute Gasteiger partial charge is 0.462 e. The number of phosphoric ester groups is 1. The van der Waals surface area contributed by atoms with Crippen LogP contribution >= 0.6 is 7.82 Å². The lowest BCUT2D eigenvalue weighted by Crippen LogP contribution is -2.30. The van der Waals surface area contributed by atoms with Crippen LogP contribution in [0.2, 0.25) is 0 Å². The minimum atomic E-state index is -4.73. The Morgan fingerprint density at radius 1 is 0.343 bits per heavy atom. The summed E-state index contributed by atoms with van der Waals surface area (Å²) in [5.41, 5.74) is 0. The van der Waals surface area contributed by atoms with Gasteiger partial charge in [0.25, 0.3) is 0 Å². The molecule has 0 fully saturated rings. The first-order chi connectivity index (χ1) is 34.2. The number of unbranched alkanes of at least 4 members (excludes halogenated alkanes) is 40. The summed E-state index contributed by atoms with van der Waals surface area (Å²) in [5.74, 6) is -1.43. The minimum Gasteiger partial charge on any atom is -0.462 e. The quantitative estimate of drug-likeness (QED) is 0.0259. The SMILES string of the molecule is CCCCCCCCCCCCCCCCCC(=O)OC(CO)COP(=O)(O)OCC(COC(=O)CCCCCCCCCCCCCCC)OC(=O)CCCCCCCCCCCCCCCCC. The van der Waals surface area contributed by atoms with Crippen molar-refractivity contribution in [3.8, 4) is 0 Å². The largest absolute Gasteiger partial charge is 0.472 e. The van der Waals surface area contributed by atoms with E-state index in [1.54, 1.807) is 0 Å². The van der Waals surface area contributed by atoms with Crippen LogP contribution in [0, 0.1) is 0 Å². The highest BCUT2D eigenvalue weighted by molar-refractivity contribution is 7.47. The highest BCUT2D eigenvalue weighted by atomic mass is 31.2. The Labute approximate surface area is 431 Å². The molecule has 0 heterocycles. The van der Waals surface area contributed by atoms with Crippen molar-refractivity contribution in [1.82, 2.24) is 0 Å². The van der Waals surface area contributed by atoms with Crippen LogP contribution in [0.4, 0.5) is 0 Å². The number of hydrogen-bond donors (Lipinski definition) is 2. The van der Waals surface area contributed by atoms with Gasteiger partial charge in [-0.25, -0.2) is 4.57 Å². The standard InChI is InChI=1S/C58H113O11P/c1-4-7-10-13-16-19-22-25-27-30-33-36-39-42-45-48-57(61)68-54(50-59)52-66-70(63,64)67-53-55(51-65-56(60)47-44-41-38-35-32-29-24-21-18-15-12-9-6-3)69-58(62)49-46-43-40-37-34-31-28-26-23-20-17-14-11-8-5-2/h54-55,59H,4-53H2,1-3H3,(H,63,64). The highest BCUT2D eigenvalue weighted by Crippen LogP contribution is 2.43. The molecular formula is C58H113O11P. The second-order valence-electron chi connectivity index (χ2n) is 20.5. The van der Waals surface area contributed by atoms with Gasteiger partial charge in [0.1, 0.15) is 12.7 Å². The van der Waals surface area contributed by atoms with Gasteiger partial charge in [0.15, 0.2) is 6.10 Å². The molecule has 0 aliphatic carbocycles. The van der Waals surface area contributed by atoms with Crippen LogP contribution in [0.15, 0.2) is 0 Å². The van der Waals surface area contributed by atoms with Gasteiger partial charge in [-0.05, 0) is 19.3 Å². The first-order valence-electron chi connectivity index (χ1n) is 29.9. The average Bonchev–Trinajstić information content (AvgIpc) is 3.35. The number of aliphatic hydroxyl groups excluding tert-OH is 1. The number of ether oxygens (including phenoxy) is 3. The number of esters is 3. The summed E-state index contributed by atoms with van der Waals surface area (Å²) in [6.45, 7) is 4.72. The third-order valence-corrected chi connectivity index (χ3v) is 14.5. The van der Waals surface area contributed by atoms with Crippen LogP contribution in [0.5, 0.6) is 0 Å². The van der Waals surface area contributed by atoms with Gasteiger partial charge in [0, 0.05) is 19.3 Å². The lowest BCUT2D eigenvalue weighted by molar-refractivity contribution is -0.161. The van der Waals surface area contributed by atoms with Crippen LogP contribution < -0.4 is 0 Å². The molecule has 0 aliphatic rings. The molecule has 0 aliphatic heterocycles. The predicted octanol–water partition coefficient (Wildman–Crippen LogP) is 17.5. The Kier molecular flexibility index (Phi) is 52.6. The van der Waals surface area contributed by atoms with Crippen molar-refractivity contribution >= 4 is 25.7 Å². The van der Waals surface area contributed by atoms with E-state index in [-0.39, 0.29) is 25.9 Å². The molecule has 11 nitrogen and oxygen atoms in total. The summed E-state index contributed by atoms with van der Waals surface area (Å²) >= 11 is 0. The second-order valence-corrected chi connectivity index (χ2v) is 22.0. The molecule has 3 atom stereocenters. The molecule has 0 radical (unpaired) electrons. The zero-order valence-corrected chi connectivity index (χ0v) is 46.9. The number of aliphatic hydroxyl groups is 1. The van der Waals surface area contributed by atoms with E-state index in [9.17, 15) is 28.9 Å². The maximum absolute atomic E-state index is 12.9. The molecule has 0 spiro atoms. The summed E-state index contributed by atoms with van der Waals surface area (Å²) < 4.78 is 39.6. The van der Waals surface area contributed by atoms with Gasteiger partial charge in [-0.1, -0.05) is 278 Å². The normalized spacial score (nSPS) is 13.3. The summed E-state index contributed by atoms with van der Waals surface area (Å²) in [5, 5.41) is 9.82. The zero-order chi connectivity index (χ0) is 51.3. The van der Waals surface area contributed by atoms with Gasteiger partial charge >= 0.3 is 25.7 Å². The average molecular weight is 1020 g/mol. The first kappa shape index (κ1) is 68.5. The fourth-order valence-electron chi connectivity index (χ4n) is 8.95. The topological polar surface area (TPSA) is 155 Å². The lowest BCUT2D eigenvalue weighted by Gasteiger charge is -2.21. The van der Waals surface area contributed by atoms with Crippen molar-refractivity contribution in [2.45, 2.75) is 328 Å². The van der Waals surface area contributed by atoms with E-state index in [1.165, 1.54) is 199 Å². The van der Waals surface area contributed by atoms with Crippen molar-refractivity contribution < 1.29 is 52.2 Å². The molecule has 2 N–H and O–H groups in total. The van der Waals surface area contributed by atoms with Gasteiger partial charge in [-0.15, -0.1) is 0 Å². The summed E-state index contributed by atoms with van der Waals surface area (Å²) in [7, 11) is -4.73. The van der Waals surface area contributed by atoms with Gasteiger partial charge in [0.2, 0.25) is 0 Å². The zero-order valence-electron chi connectivity index (χ0n) is 46.0. The van der Waals surface area contributed by atoms with Crippen LogP contribution in [-0.2, 0) is 42.2 Å². The molecule has 0 saturated carbocycles.